The number of hydrogen-bond donors (Lipinski definition) is 1. The van der Waals surface area contributed by atoms with Gasteiger partial charge in [-0.3, -0.25) is 0 Å². The van der Waals surface area contributed by atoms with Crippen molar-refractivity contribution in [2.75, 3.05) is 6.61 Å². The minimum atomic E-state index is -3.62. The summed E-state index contributed by atoms with van der Waals surface area (Å²) in [5, 5.41) is 9.18. The predicted molar refractivity (Wildman–Crippen MR) is 72.4 cm³/mol. The molecule has 7 heteroatoms. The van der Waals surface area contributed by atoms with E-state index in [9.17, 15) is 18.3 Å². The number of fused-ring (bicyclic) bond motifs is 1. The minimum Gasteiger partial charge on any atom is -0.493 e. The Morgan fingerprint density at radius 2 is 2.10 bits per heavy atom. The third kappa shape index (κ3) is 2.27. The first-order chi connectivity index (χ1) is 9.28. The van der Waals surface area contributed by atoms with Crippen LogP contribution >= 0.6 is 0 Å². The number of rotatable bonds is 4. The number of sulfonamides is 1. The molecular weight excluding hydrogens is 282 g/mol. The molecule has 1 aliphatic rings. The number of benzene rings is 1. The average molecular weight is 299 g/mol. The average Bonchev–Trinajstić information content (AvgIpc) is 2.60. The monoisotopic (exact) mass is 299 g/mol. The second kappa shape index (κ2) is 5.06. The van der Waals surface area contributed by atoms with Crippen LogP contribution in [-0.2, 0) is 16.6 Å². The number of carboxylic acids is 1. The summed E-state index contributed by atoms with van der Waals surface area (Å²) in [6, 6.07) is 2.53. The van der Waals surface area contributed by atoms with Crippen molar-refractivity contribution in [2.24, 2.45) is 0 Å². The molecule has 0 fully saturated rings. The zero-order valence-electron chi connectivity index (χ0n) is 11.6. The lowest BCUT2D eigenvalue weighted by Gasteiger charge is -2.18. The lowest BCUT2D eigenvalue weighted by atomic mass is 10.1. The largest absolute Gasteiger partial charge is 0.493 e. The number of nitrogens with zero attached hydrogens (tertiary/aromatic N) is 1. The third-order valence-corrected chi connectivity index (χ3v) is 5.29. The highest BCUT2D eigenvalue weighted by atomic mass is 32.2. The van der Waals surface area contributed by atoms with Crippen molar-refractivity contribution >= 4 is 16.0 Å². The molecule has 0 radical (unpaired) electrons. The van der Waals surface area contributed by atoms with Gasteiger partial charge in [0.2, 0.25) is 10.0 Å². The van der Waals surface area contributed by atoms with Crippen molar-refractivity contribution in [3.8, 4) is 5.75 Å². The maximum absolute atomic E-state index is 12.4. The van der Waals surface area contributed by atoms with Crippen LogP contribution in [0.1, 0.15) is 36.7 Å². The van der Waals surface area contributed by atoms with E-state index in [2.05, 4.69) is 0 Å². The summed E-state index contributed by atoms with van der Waals surface area (Å²) in [6.07, 6.45) is 0. The molecule has 1 aliphatic heterocycles. The van der Waals surface area contributed by atoms with Crippen molar-refractivity contribution in [1.82, 2.24) is 4.31 Å². The molecule has 1 aromatic rings. The molecule has 0 unspecified atom stereocenters. The number of aromatic carboxylic acids is 1. The van der Waals surface area contributed by atoms with Crippen LogP contribution in [0.5, 0.6) is 5.75 Å². The Labute approximate surface area is 118 Å². The molecule has 0 aromatic heterocycles. The van der Waals surface area contributed by atoms with Gasteiger partial charge in [-0.25, -0.2) is 13.2 Å². The van der Waals surface area contributed by atoms with E-state index in [-0.39, 0.29) is 28.8 Å². The van der Waals surface area contributed by atoms with E-state index in [1.165, 1.54) is 16.4 Å². The van der Waals surface area contributed by atoms with E-state index in [1.807, 2.05) is 0 Å². The predicted octanol–water partition coefficient (Wildman–Crippen LogP) is 1.70. The van der Waals surface area contributed by atoms with Gasteiger partial charge in [0.15, 0.2) is 0 Å². The maximum Gasteiger partial charge on any atom is 0.339 e. The Kier molecular flexibility index (Phi) is 3.75. The van der Waals surface area contributed by atoms with E-state index < -0.39 is 16.0 Å². The highest BCUT2D eigenvalue weighted by molar-refractivity contribution is 7.89. The summed E-state index contributed by atoms with van der Waals surface area (Å²) in [6.45, 7) is 5.88. The van der Waals surface area contributed by atoms with E-state index >= 15 is 0 Å². The van der Waals surface area contributed by atoms with Gasteiger partial charge in [0, 0.05) is 12.6 Å². The van der Waals surface area contributed by atoms with E-state index in [0.717, 1.165) is 0 Å². The molecule has 0 bridgehead atoms. The fourth-order valence-corrected chi connectivity index (χ4v) is 4.09. The van der Waals surface area contributed by atoms with Gasteiger partial charge < -0.3 is 9.84 Å². The van der Waals surface area contributed by atoms with E-state index in [4.69, 9.17) is 4.74 Å². The van der Waals surface area contributed by atoms with Gasteiger partial charge in [-0.15, -0.1) is 0 Å². The Balaban J connectivity index is 2.62. The third-order valence-electron chi connectivity index (χ3n) is 3.18. The number of carbonyl (C=O) groups is 1. The van der Waals surface area contributed by atoms with Crippen LogP contribution in [0.3, 0.4) is 0 Å². The zero-order valence-corrected chi connectivity index (χ0v) is 12.4. The van der Waals surface area contributed by atoms with Crippen LogP contribution in [-0.4, -0.2) is 36.4 Å². The van der Waals surface area contributed by atoms with Crippen molar-refractivity contribution in [2.45, 2.75) is 38.3 Å². The molecular formula is C13H17NO5S. The van der Waals surface area contributed by atoms with Crippen LogP contribution < -0.4 is 4.74 Å². The second-order valence-corrected chi connectivity index (χ2v) is 6.70. The Morgan fingerprint density at radius 3 is 2.60 bits per heavy atom. The van der Waals surface area contributed by atoms with Crippen LogP contribution in [0.2, 0.25) is 0 Å². The summed E-state index contributed by atoms with van der Waals surface area (Å²) in [4.78, 5) is 11.3. The minimum absolute atomic E-state index is 0.0621. The van der Waals surface area contributed by atoms with E-state index in [1.54, 1.807) is 20.8 Å². The molecule has 6 nitrogen and oxygen atoms in total. The second-order valence-electron chi connectivity index (χ2n) is 4.84. The molecule has 20 heavy (non-hydrogen) atoms. The Hall–Kier alpha value is -1.60. The van der Waals surface area contributed by atoms with Crippen LogP contribution in [0, 0.1) is 0 Å². The van der Waals surface area contributed by atoms with E-state index in [0.29, 0.717) is 12.2 Å². The molecule has 110 valence electrons. The molecule has 1 aromatic carbocycles. The van der Waals surface area contributed by atoms with Crippen molar-refractivity contribution in [3.05, 3.63) is 23.3 Å². The smallest absolute Gasteiger partial charge is 0.339 e. The number of carboxylic acid groups (broad SMARTS) is 1. The topological polar surface area (TPSA) is 83.9 Å². The first kappa shape index (κ1) is 14.8. The van der Waals surface area contributed by atoms with Crippen LogP contribution in [0.25, 0.3) is 0 Å². The lowest BCUT2D eigenvalue weighted by molar-refractivity contribution is 0.0692. The quantitative estimate of drug-likeness (QED) is 0.914. The summed E-state index contributed by atoms with van der Waals surface area (Å²) < 4.78 is 31.4. The first-order valence-electron chi connectivity index (χ1n) is 6.34. The van der Waals surface area contributed by atoms with Gasteiger partial charge in [-0.1, -0.05) is 0 Å². The van der Waals surface area contributed by atoms with Crippen molar-refractivity contribution < 1.29 is 23.1 Å². The summed E-state index contributed by atoms with van der Waals surface area (Å²) >= 11 is 0. The molecule has 2 rings (SSSR count). The summed E-state index contributed by atoms with van der Waals surface area (Å²) in [7, 11) is -3.62. The highest BCUT2D eigenvalue weighted by Crippen LogP contribution is 2.36. The Morgan fingerprint density at radius 1 is 1.45 bits per heavy atom. The van der Waals surface area contributed by atoms with Gasteiger partial charge in [-0.2, -0.15) is 4.31 Å². The molecule has 1 heterocycles. The molecule has 0 saturated carbocycles. The molecule has 0 spiro atoms. The Bertz CT molecular complexity index is 651. The summed E-state index contributed by atoms with van der Waals surface area (Å²) in [5.74, 6) is -0.992. The highest BCUT2D eigenvalue weighted by Gasteiger charge is 2.37. The van der Waals surface area contributed by atoms with Crippen molar-refractivity contribution in [1.29, 1.82) is 0 Å². The number of hydrogen-bond acceptors (Lipinski definition) is 4. The van der Waals surface area contributed by atoms with Crippen LogP contribution in [0.4, 0.5) is 0 Å². The lowest BCUT2D eigenvalue weighted by Crippen LogP contribution is -2.31. The normalized spacial score (nSPS) is 17.2. The van der Waals surface area contributed by atoms with Gasteiger partial charge in [-0.05, 0) is 38.5 Å². The summed E-state index contributed by atoms with van der Waals surface area (Å²) in [5.41, 5.74) is 0.451. The SMILES string of the molecule is CCOc1cc2c(cc1C(=O)O)S(=O)(=O)N(C(C)C)C2. The van der Waals surface area contributed by atoms with Gasteiger partial charge >= 0.3 is 5.97 Å². The number of ether oxygens (including phenoxy) is 1. The zero-order chi connectivity index (χ0) is 15.1. The van der Waals surface area contributed by atoms with Crippen LogP contribution in [0.15, 0.2) is 17.0 Å². The molecule has 1 N–H and O–H groups in total. The van der Waals surface area contributed by atoms with Gasteiger partial charge in [0.05, 0.1) is 11.5 Å². The standard InChI is InChI=1S/C13H17NO5S/c1-4-19-11-5-9-7-14(8(2)3)20(17,18)12(9)6-10(11)13(15)16/h5-6,8H,4,7H2,1-3H3,(H,15,16). The van der Waals surface area contributed by atoms with Crippen molar-refractivity contribution in [3.63, 3.8) is 0 Å². The molecule has 0 aliphatic carbocycles. The fraction of sp³-hybridized carbons (Fsp3) is 0.462. The fourth-order valence-electron chi connectivity index (χ4n) is 2.25. The molecule has 0 saturated heterocycles. The van der Waals surface area contributed by atoms with Gasteiger partial charge in [0.25, 0.3) is 0 Å². The molecule has 0 amide bonds. The first-order valence-corrected chi connectivity index (χ1v) is 7.78. The molecule has 0 atom stereocenters. The van der Waals surface area contributed by atoms with Gasteiger partial charge in [0.1, 0.15) is 11.3 Å². The maximum atomic E-state index is 12.4.